The summed E-state index contributed by atoms with van der Waals surface area (Å²) in [6.45, 7) is -0.254. The first-order chi connectivity index (χ1) is 9.08. The summed E-state index contributed by atoms with van der Waals surface area (Å²) in [5, 5.41) is 0. The smallest absolute Gasteiger partial charge is 0.348 e. The van der Waals surface area contributed by atoms with E-state index in [1.165, 1.54) is 11.3 Å². The van der Waals surface area contributed by atoms with Gasteiger partial charge in [-0.05, 0) is 37.9 Å². The quantitative estimate of drug-likeness (QED) is 0.564. The first-order valence-corrected chi connectivity index (χ1v) is 7.68. The van der Waals surface area contributed by atoms with Crippen LogP contribution in [0, 0.1) is 0 Å². The van der Waals surface area contributed by atoms with Crippen molar-refractivity contribution in [2.24, 2.45) is 0 Å². The van der Waals surface area contributed by atoms with Crippen LogP contribution >= 0.6 is 43.2 Å². The van der Waals surface area contributed by atoms with Gasteiger partial charge in [0, 0.05) is 10.0 Å². The molecular formula is C13H8Br2O3S. The van der Waals surface area contributed by atoms with Crippen LogP contribution in [0.3, 0.4) is 0 Å². The third kappa shape index (κ3) is 3.75. The summed E-state index contributed by atoms with van der Waals surface area (Å²) in [4.78, 5) is 23.9. The van der Waals surface area contributed by atoms with Gasteiger partial charge >= 0.3 is 5.97 Å². The number of hydrogen-bond donors (Lipinski definition) is 0. The largest absolute Gasteiger partial charge is 0.453 e. The van der Waals surface area contributed by atoms with Crippen LogP contribution in [0.15, 0.2) is 44.7 Å². The van der Waals surface area contributed by atoms with Crippen LogP contribution < -0.4 is 0 Å². The minimum atomic E-state index is -0.499. The van der Waals surface area contributed by atoms with Crippen molar-refractivity contribution in [1.82, 2.24) is 0 Å². The summed E-state index contributed by atoms with van der Waals surface area (Å²) >= 11 is 7.84. The lowest BCUT2D eigenvalue weighted by Crippen LogP contribution is -2.13. The molecule has 0 spiro atoms. The number of hydrogen-bond acceptors (Lipinski definition) is 4. The van der Waals surface area contributed by atoms with Crippen molar-refractivity contribution in [1.29, 1.82) is 0 Å². The van der Waals surface area contributed by atoms with Crippen LogP contribution in [-0.2, 0) is 4.74 Å². The van der Waals surface area contributed by atoms with Crippen molar-refractivity contribution >= 4 is 54.9 Å². The average Bonchev–Trinajstić information content (AvgIpc) is 2.77. The van der Waals surface area contributed by atoms with Gasteiger partial charge in [0.1, 0.15) is 4.88 Å². The van der Waals surface area contributed by atoms with E-state index in [0.29, 0.717) is 10.4 Å². The molecule has 2 aromatic rings. The van der Waals surface area contributed by atoms with Gasteiger partial charge in [-0.25, -0.2) is 4.79 Å². The molecule has 1 aromatic carbocycles. The maximum atomic E-state index is 11.8. The normalized spacial score (nSPS) is 10.2. The summed E-state index contributed by atoms with van der Waals surface area (Å²) in [6, 6.07) is 10.4. The highest BCUT2D eigenvalue weighted by Crippen LogP contribution is 2.32. The molecule has 0 saturated carbocycles. The Kier molecular flexibility index (Phi) is 4.90. The molecule has 0 bridgehead atoms. The lowest BCUT2D eigenvalue weighted by Gasteiger charge is -2.02. The fourth-order valence-corrected chi connectivity index (χ4v) is 3.29. The summed E-state index contributed by atoms with van der Waals surface area (Å²) in [5.74, 6) is -0.718. The molecular weight excluding hydrogens is 396 g/mol. The maximum Gasteiger partial charge on any atom is 0.348 e. The average molecular weight is 404 g/mol. The van der Waals surface area contributed by atoms with Crippen LogP contribution in [0.1, 0.15) is 20.0 Å². The van der Waals surface area contributed by atoms with Crippen molar-refractivity contribution in [2.45, 2.75) is 0 Å². The zero-order valence-corrected chi connectivity index (χ0v) is 13.5. The van der Waals surface area contributed by atoms with E-state index in [9.17, 15) is 9.59 Å². The number of thiophene rings is 1. The third-order valence-corrected chi connectivity index (χ3v) is 5.51. The molecule has 6 heteroatoms. The minimum absolute atomic E-state index is 0.219. The van der Waals surface area contributed by atoms with Crippen molar-refractivity contribution in [3.8, 4) is 0 Å². The molecule has 0 unspecified atom stereocenters. The Morgan fingerprint density at radius 1 is 1.16 bits per heavy atom. The number of benzene rings is 1. The van der Waals surface area contributed by atoms with E-state index >= 15 is 0 Å². The second-order valence-electron chi connectivity index (χ2n) is 3.60. The molecule has 0 fully saturated rings. The Morgan fingerprint density at radius 2 is 1.84 bits per heavy atom. The van der Waals surface area contributed by atoms with Gasteiger partial charge in [0.15, 0.2) is 12.4 Å². The molecule has 0 saturated heterocycles. The van der Waals surface area contributed by atoms with Gasteiger partial charge in [-0.1, -0.05) is 30.3 Å². The molecule has 0 aliphatic carbocycles. The molecule has 0 radical (unpaired) electrons. The Labute approximate surface area is 130 Å². The van der Waals surface area contributed by atoms with Crippen LogP contribution in [0.5, 0.6) is 0 Å². The van der Waals surface area contributed by atoms with Crippen molar-refractivity contribution in [3.63, 3.8) is 0 Å². The Bertz CT molecular complexity index is 588. The predicted octanol–water partition coefficient (Wildman–Crippen LogP) is 4.31. The third-order valence-electron chi connectivity index (χ3n) is 2.28. The van der Waals surface area contributed by atoms with Crippen LogP contribution in [0.4, 0.5) is 0 Å². The topological polar surface area (TPSA) is 43.4 Å². The first kappa shape index (κ1) is 14.4. The van der Waals surface area contributed by atoms with Crippen LogP contribution in [0.2, 0.25) is 0 Å². The van der Waals surface area contributed by atoms with E-state index in [1.807, 2.05) is 6.07 Å². The minimum Gasteiger partial charge on any atom is -0.453 e. The summed E-state index contributed by atoms with van der Waals surface area (Å²) in [5.41, 5.74) is 0.531. The number of esters is 1. The molecule has 19 heavy (non-hydrogen) atoms. The highest BCUT2D eigenvalue weighted by atomic mass is 79.9. The van der Waals surface area contributed by atoms with Crippen molar-refractivity contribution in [3.05, 3.63) is 55.1 Å². The lowest BCUT2D eigenvalue weighted by molar-refractivity contribution is 0.0479. The number of carbonyl (C=O) groups is 2. The second-order valence-corrected chi connectivity index (χ2v) is 6.82. The number of ketones is 1. The Morgan fingerprint density at radius 3 is 2.42 bits per heavy atom. The second kappa shape index (κ2) is 6.45. The van der Waals surface area contributed by atoms with Gasteiger partial charge in [0.25, 0.3) is 0 Å². The highest BCUT2D eigenvalue weighted by Gasteiger charge is 2.15. The zero-order valence-electron chi connectivity index (χ0n) is 9.56. The van der Waals surface area contributed by atoms with E-state index in [2.05, 4.69) is 31.9 Å². The van der Waals surface area contributed by atoms with E-state index in [1.54, 1.807) is 30.3 Å². The van der Waals surface area contributed by atoms with Crippen molar-refractivity contribution in [2.75, 3.05) is 6.61 Å². The molecule has 0 amide bonds. The van der Waals surface area contributed by atoms with Gasteiger partial charge in [0.05, 0.1) is 3.79 Å². The van der Waals surface area contributed by atoms with E-state index in [-0.39, 0.29) is 12.4 Å². The Hall–Kier alpha value is -0.980. The van der Waals surface area contributed by atoms with Crippen LogP contribution in [-0.4, -0.2) is 18.4 Å². The Balaban J connectivity index is 1.96. The number of carbonyl (C=O) groups excluding carboxylic acids is 2. The fraction of sp³-hybridized carbons (Fsp3) is 0.0769. The number of rotatable bonds is 4. The molecule has 0 aliphatic rings. The van der Waals surface area contributed by atoms with E-state index in [0.717, 1.165) is 8.26 Å². The molecule has 1 heterocycles. The van der Waals surface area contributed by atoms with E-state index in [4.69, 9.17) is 4.74 Å². The molecule has 0 atom stereocenters. The monoisotopic (exact) mass is 402 g/mol. The SMILES string of the molecule is O=C(COC(=O)c1cc(Br)c(Br)s1)c1ccccc1. The van der Waals surface area contributed by atoms with Gasteiger partial charge in [0.2, 0.25) is 0 Å². The number of Topliss-reactive ketones (excluding diaryl/α,β-unsaturated/α-hetero) is 1. The van der Waals surface area contributed by atoms with Crippen LogP contribution in [0.25, 0.3) is 0 Å². The lowest BCUT2D eigenvalue weighted by atomic mass is 10.1. The van der Waals surface area contributed by atoms with E-state index < -0.39 is 5.97 Å². The number of ether oxygens (including phenoxy) is 1. The van der Waals surface area contributed by atoms with Gasteiger partial charge in [-0.2, -0.15) is 0 Å². The highest BCUT2D eigenvalue weighted by molar-refractivity contribution is 9.13. The van der Waals surface area contributed by atoms with Crippen molar-refractivity contribution < 1.29 is 14.3 Å². The van der Waals surface area contributed by atoms with Gasteiger partial charge in [-0.3, -0.25) is 4.79 Å². The van der Waals surface area contributed by atoms with Gasteiger partial charge in [-0.15, -0.1) is 11.3 Å². The maximum absolute atomic E-state index is 11.8. The molecule has 0 aliphatic heterocycles. The molecule has 98 valence electrons. The standard InChI is InChI=1S/C13H8Br2O3S/c14-9-6-11(19-12(9)15)13(17)18-7-10(16)8-4-2-1-3-5-8/h1-6H,7H2. The fourth-order valence-electron chi connectivity index (χ4n) is 1.36. The van der Waals surface area contributed by atoms with Gasteiger partial charge < -0.3 is 4.74 Å². The summed E-state index contributed by atoms with van der Waals surface area (Å²) < 4.78 is 6.60. The zero-order chi connectivity index (χ0) is 13.8. The number of halogens is 2. The molecule has 1 aromatic heterocycles. The summed E-state index contributed by atoms with van der Waals surface area (Å²) in [6.07, 6.45) is 0. The molecule has 2 rings (SSSR count). The molecule has 0 N–H and O–H groups in total. The summed E-state index contributed by atoms with van der Waals surface area (Å²) in [7, 11) is 0. The molecule has 3 nitrogen and oxygen atoms in total. The first-order valence-electron chi connectivity index (χ1n) is 5.28. The predicted molar refractivity (Wildman–Crippen MR) is 80.8 cm³/mol.